The predicted molar refractivity (Wildman–Crippen MR) is 80.7 cm³/mol. The lowest BCUT2D eigenvalue weighted by atomic mass is 10.1. The van der Waals surface area contributed by atoms with Crippen LogP contribution in [0.2, 0.25) is 6.04 Å². The lowest BCUT2D eigenvalue weighted by molar-refractivity contribution is -0.142. The highest BCUT2D eigenvalue weighted by Crippen LogP contribution is 2.24. The number of hydrogen-bond donors (Lipinski definition) is 0. The third-order valence-electron chi connectivity index (χ3n) is 2.71. The van der Waals surface area contributed by atoms with Crippen molar-refractivity contribution in [2.45, 2.75) is 26.0 Å². The fourth-order valence-corrected chi connectivity index (χ4v) is 3.67. The maximum Gasteiger partial charge on any atom is 0.330 e. The van der Waals surface area contributed by atoms with Crippen LogP contribution in [0.5, 0.6) is 0 Å². The molecule has 1 aromatic rings. The van der Waals surface area contributed by atoms with Gasteiger partial charge < -0.3 is 13.6 Å². The van der Waals surface area contributed by atoms with E-state index in [0.717, 1.165) is 5.56 Å². The lowest BCUT2D eigenvalue weighted by Crippen LogP contribution is -2.27. The largest absolute Gasteiger partial charge is 0.454 e. The summed E-state index contributed by atoms with van der Waals surface area (Å²) in [6.07, 6.45) is 0.824. The monoisotopic (exact) mass is 294 g/mol. The van der Waals surface area contributed by atoms with Crippen molar-refractivity contribution in [2.24, 2.45) is 0 Å². The van der Waals surface area contributed by atoms with Gasteiger partial charge in [0.05, 0.1) is 0 Å². The summed E-state index contributed by atoms with van der Waals surface area (Å²) in [5.41, 5.74) is 0.944. The van der Waals surface area contributed by atoms with Crippen LogP contribution in [0.1, 0.15) is 25.5 Å². The van der Waals surface area contributed by atoms with Crippen molar-refractivity contribution in [1.82, 2.24) is 0 Å². The smallest absolute Gasteiger partial charge is 0.330 e. The molecule has 4 nitrogen and oxygen atoms in total. The third kappa shape index (κ3) is 5.69. The van der Waals surface area contributed by atoms with Crippen molar-refractivity contribution in [3.8, 4) is 0 Å². The summed E-state index contributed by atoms with van der Waals surface area (Å²) >= 11 is 0. The van der Waals surface area contributed by atoms with E-state index in [1.165, 1.54) is 6.08 Å². The van der Waals surface area contributed by atoms with E-state index in [2.05, 4.69) is 6.58 Å². The SMILES string of the molecule is C=CC(=O)OC(C[SiH](OCC)OCC)c1ccccc1. The Balaban J connectivity index is 2.80. The summed E-state index contributed by atoms with van der Waals surface area (Å²) in [4.78, 5) is 11.5. The van der Waals surface area contributed by atoms with E-state index >= 15 is 0 Å². The van der Waals surface area contributed by atoms with E-state index in [4.69, 9.17) is 13.6 Å². The first kappa shape index (κ1) is 16.6. The molecule has 0 saturated carbocycles. The summed E-state index contributed by atoms with van der Waals surface area (Å²) in [7, 11) is -1.84. The van der Waals surface area contributed by atoms with E-state index in [1.807, 2.05) is 44.2 Å². The summed E-state index contributed by atoms with van der Waals surface area (Å²) in [6.45, 7) is 8.52. The van der Waals surface area contributed by atoms with Crippen LogP contribution in [0.15, 0.2) is 43.0 Å². The molecule has 110 valence electrons. The molecule has 0 saturated heterocycles. The van der Waals surface area contributed by atoms with Crippen LogP contribution in [-0.4, -0.2) is 28.5 Å². The van der Waals surface area contributed by atoms with Crippen LogP contribution in [0.3, 0.4) is 0 Å². The molecule has 0 aromatic heterocycles. The van der Waals surface area contributed by atoms with E-state index in [0.29, 0.717) is 19.3 Å². The summed E-state index contributed by atoms with van der Waals surface area (Å²) in [5.74, 6) is -0.431. The highest BCUT2D eigenvalue weighted by molar-refractivity contribution is 6.44. The molecule has 0 aliphatic rings. The number of rotatable bonds is 9. The minimum Gasteiger partial charge on any atom is -0.454 e. The highest BCUT2D eigenvalue weighted by atomic mass is 28.3. The van der Waals surface area contributed by atoms with Gasteiger partial charge in [-0.15, -0.1) is 0 Å². The minimum absolute atomic E-state index is 0.350. The first-order chi connectivity index (χ1) is 9.71. The second-order valence-corrected chi connectivity index (χ2v) is 6.11. The first-order valence-corrected chi connectivity index (χ1v) is 8.58. The number of ether oxygens (including phenoxy) is 1. The molecule has 1 rings (SSSR count). The molecule has 1 unspecified atom stereocenters. The molecule has 5 heteroatoms. The normalized spacial score (nSPS) is 12.2. The topological polar surface area (TPSA) is 44.8 Å². The van der Waals surface area contributed by atoms with Crippen molar-refractivity contribution in [1.29, 1.82) is 0 Å². The van der Waals surface area contributed by atoms with Crippen LogP contribution >= 0.6 is 0 Å². The number of hydrogen-bond acceptors (Lipinski definition) is 4. The van der Waals surface area contributed by atoms with Gasteiger partial charge in [-0.2, -0.15) is 0 Å². The van der Waals surface area contributed by atoms with E-state index < -0.39 is 15.3 Å². The van der Waals surface area contributed by atoms with E-state index in [9.17, 15) is 4.79 Å². The molecule has 0 heterocycles. The quantitative estimate of drug-likeness (QED) is 0.399. The van der Waals surface area contributed by atoms with Gasteiger partial charge in [-0.25, -0.2) is 4.79 Å². The Morgan fingerprint density at radius 1 is 1.25 bits per heavy atom. The average molecular weight is 294 g/mol. The molecular weight excluding hydrogens is 272 g/mol. The predicted octanol–water partition coefficient (Wildman–Crippen LogP) is 2.75. The van der Waals surface area contributed by atoms with E-state index in [1.54, 1.807) is 0 Å². The van der Waals surface area contributed by atoms with Crippen LogP contribution in [0.25, 0.3) is 0 Å². The van der Waals surface area contributed by atoms with Gasteiger partial charge >= 0.3 is 15.3 Å². The van der Waals surface area contributed by atoms with Gasteiger partial charge in [-0.3, -0.25) is 0 Å². The molecule has 0 fully saturated rings. The van der Waals surface area contributed by atoms with Gasteiger partial charge in [0.15, 0.2) is 0 Å². The second kappa shape index (κ2) is 9.47. The standard InChI is InChI=1S/C15H22O4Si/c1-4-15(16)19-14(13-10-8-7-9-11-13)12-20(17-5-2)18-6-3/h4,7-11,14,20H,1,5-6,12H2,2-3H3. The maximum absolute atomic E-state index is 11.5. The van der Waals surface area contributed by atoms with Gasteiger partial charge in [-0.05, 0) is 19.4 Å². The molecule has 20 heavy (non-hydrogen) atoms. The second-order valence-electron chi connectivity index (χ2n) is 4.12. The van der Waals surface area contributed by atoms with Gasteiger partial charge in [0, 0.05) is 25.3 Å². The van der Waals surface area contributed by atoms with Crippen molar-refractivity contribution < 1.29 is 18.4 Å². The highest BCUT2D eigenvalue weighted by Gasteiger charge is 2.23. The number of esters is 1. The fourth-order valence-electron chi connectivity index (χ4n) is 1.84. The third-order valence-corrected chi connectivity index (χ3v) is 4.93. The lowest BCUT2D eigenvalue weighted by Gasteiger charge is -2.22. The van der Waals surface area contributed by atoms with Crippen molar-refractivity contribution in [2.75, 3.05) is 13.2 Å². The molecule has 0 aliphatic carbocycles. The summed E-state index contributed by atoms with van der Waals surface area (Å²) in [6, 6.07) is 10.2. The Kier molecular flexibility index (Phi) is 7.87. The average Bonchev–Trinajstić information content (AvgIpc) is 2.47. The Morgan fingerprint density at radius 2 is 1.85 bits per heavy atom. The zero-order valence-electron chi connectivity index (χ0n) is 12.1. The van der Waals surface area contributed by atoms with Crippen molar-refractivity contribution in [3.63, 3.8) is 0 Å². The number of carbonyl (C=O) groups is 1. The molecular formula is C15H22O4Si. The molecule has 1 aromatic carbocycles. The van der Waals surface area contributed by atoms with Gasteiger partial charge in [0.2, 0.25) is 0 Å². The molecule has 0 N–H and O–H groups in total. The van der Waals surface area contributed by atoms with Crippen LogP contribution in [0, 0.1) is 0 Å². The maximum atomic E-state index is 11.5. The van der Waals surface area contributed by atoms with Crippen molar-refractivity contribution >= 4 is 15.3 Å². The zero-order chi connectivity index (χ0) is 14.8. The fraction of sp³-hybridized carbons (Fsp3) is 0.400. The number of benzene rings is 1. The first-order valence-electron chi connectivity index (χ1n) is 6.82. The number of carbonyl (C=O) groups excluding carboxylic acids is 1. The van der Waals surface area contributed by atoms with E-state index in [-0.39, 0.29) is 6.10 Å². The summed E-state index contributed by atoms with van der Waals surface area (Å²) < 4.78 is 16.7. The molecule has 0 aliphatic heterocycles. The molecule has 0 spiro atoms. The van der Waals surface area contributed by atoms with Gasteiger partial charge in [0.25, 0.3) is 0 Å². The Hall–Kier alpha value is -1.43. The van der Waals surface area contributed by atoms with Gasteiger partial charge in [-0.1, -0.05) is 36.9 Å². The zero-order valence-corrected chi connectivity index (χ0v) is 13.2. The Labute approximate surface area is 122 Å². The molecule has 0 radical (unpaired) electrons. The minimum atomic E-state index is -1.84. The van der Waals surface area contributed by atoms with Gasteiger partial charge in [0.1, 0.15) is 6.10 Å². The Bertz CT molecular complexity index is 402. The molecule has 1 atom stereocenters. The van der Waals surface area contributed by atoms with Crippen LogP contribution in [0.4, 0.5) is 0 Å². The summed E-state index contributed by atoms with van der Waals surface area (Å²) in [5, 5.41) is 0. The molecule has 0 bridgehead atoms. The van der Waals surface area contributed by atoms with Crippen LogP contribution < -0.4 is 0 Å². The molecule has 0 amide bonds. The van der Waals surface area contributed by atoms with Crippen molar-refractivity contribution in [3.05, 3.63) is 48.6 Å². The van der Waals surface area contributed by atoms with Crippen LogP contribution in [-0.2, 0) is 18.4 Å². The Morgan fingerprint density at radius 3 is 2.35 bits per heavy atom.